The molecular formula is C10H6F14O3. The van der Waals surface area contributed by atoms with Crippen molar-refractivity contribution in [2.45, 2.75) is 41.6 Å². The van der Waals surface area contributed by atoms with Crippen LogP contribution in [0.3, 0.4) is 0 Å². The molecule has 0 radical (unpaired) electrons. The lowest BCUT2D eigenvalue weighted by atomic mass is 9.90. The fourth-order valence-corrected chi connectivity index (χ4v) is 1.49. The van der Waals surface area contributed by atoms with Crippen molar-refractivity contribution in [1.82, 2.24) is 0 Å². The molecule has 0 aliphatic heterocycles. The normalized spacial score (nSPS) is 17.5. The molecule has 0 amide bonds. The fourth-order valence-electron chi connectivity index (χ4n) is 1.49. The molecule has 0 aromatic heterocycles. The van der Waals surface area contributed by atoms with Crippen LogP contribution in [-0.4, -0.2) is 61.8 Å². The summed E-state index contributed by atoms with van der Waals surface area (Å²) in [6.07, 6.45) is -7.59. The molecule has 0 aromatic rings. The second-order valence-corrected chi connectivity index (χ2v) is 4.66. The van der Waals surface area contributed by atoms with Crippen LogP contribution < -0.4 is 0 Å². The van der Waals surface area contributed by atoms with Gasteiger partial charge in [0.25, 0.3) is 0 Å². The van der Waals surface area contributed by atoms with Crippen LogP contribution in [-0.2, 0) is 14.3 Å². The van der Waals surface area contributed by atoms with Crippen LogP contribution in [0.15, 0.2) is 0 Å². The molecule has 0 spiro atoms. The van der Waals surface area contributed by atoms with E-state index >= 15 is 0 Å². The number of hydrogen-bond acceptors (Lipinski definition) is 3. The van der Waals surface area contributed by atoms with Gasteiger partial charge in [-0.3, -0.25) is 0 Å². The maximum Gasteiger partial charge on any atom is 0.460 e. The maximum atomic E-state index is 13.9. The van der Waals surface area contributed by atoms with E-state index in [1.807, 2.05) is 0 Å². The van der Waals surface area contributed by atoms with E-state index in [2.05, 4.69) is 9.47 Å². The molecule has 27 heavy (non-hydrogen) atoms. The second-order valence-electron chi connectivity index (χ2n) is 4.66. The van der Waals surface area contributed by atoms with Gasteiger partial charge >= 0.3 is 47.6 Å². The van der Waals surface area contributed by atoms with Crippen molar-refractivity contribution in [3.63, 3.8) is 0 Å². The molecule has 0 bridgehead atoms. The Bertz CT molecular complexity index is 568. The summed E-state index contributed by atoms with van der Waals surface area (Å²) < 4.78 is 187. The molecule has 1 unspecified atom stereocenters. The van der Waals surface area contributed by atoms with Crippen molar-refractivity contribution in [2.24, 2.45) is 0 Å². The molecule has 3 nitrogen and oxygen atoms in total. The number of hydrogen-bond donors (Lipinski definition) is 0. The van der Waals surface area contributed by atoms with Crippen molar-refractivity contribution in [1.29, 1.82) is 0 Å². The lowest BCUT2D eigenvalue weighted by molar-refractivity contribution is -0.461. The number of carbonyl (C=O) groups excluding carboxylic acids is 1. The molecule has 0 N–H and O–H groups in total. The predicted octanol–water partition coefficient (Wildman–Crippen LogP) is 4.21. The first-order valence-electron chi connectivity index (χ1n) is 5.82. The lowest BCUT2D eigenvalue weighted by Crippen LogP contribution is -2.75. The highest BCUT2D eigenvalue weighted by Gasteiger charge is 2.94. The van der Waals surface area contributed by atoms with Crippen LogP contribution in [0, 0.1) is 0 Å². The topological polar surface area (TPSA) is 35.5 Å². The minimum atomic E-state index is -8.18. The SMILES string of the molecule is COC(=O)C(F)(F)C(F)(OC)C(F)(F)C(F)(F)C(F)(F)C(F)(F)C(F)(F)F. The van der Waals surface area contributed by atoms with Gasteiger partial charge in [-0.2, -0.15) is 61.5 Å². The van der Waals surface area contributed by atoms with E-state index < -0.39 is 54.7 Å². The van der Waals surface area contributed by atoms with E-state index in [1.54, 1.807) is 0 Å². The van der Waals surface area contributed by atoms with Crippen molar-refractivity contribution >= 4 is 5.97 Å². The summed E-state index contributed by atoms with van der Waals surface area (Å²) in [6, 6.07) is 0. The molecule has 0 rings (SSSR count). The van der Waals surface area contributed by atoms with Gasteiger partial charge in [0.2, 0.25) is 0 Å². The molecule has 17 heteroatoms. The first kappa shape index (κ1) is 25.4. The van der Waals surface area contributed by atoms with E-state index in [4.69, 9.17) is 0 Å². The van der Waals surface area contributed by atoms with E-state index in [9.17, 15) is 66.3 Å². The van der Waals surface area contributed by atoms with Gasteiger partial charge < -0.3 is 9.47 Å². The summed E-state index contributed by atoms with van der Waals surface area (Å²) in [7, 11) is -0.657. The van der Waals surface area contributed by atoms with Crippen LogP contribution in [0.25, 0.3) is 0 Å². The number of carbonyl (C=O) groups is 1. The zero-order valence-electron chi connectivity index (χ0n) is 12.5. The zero-order valence-corrected chi connectivity index (χ0v) is 12.5. The highest BCUT2D eigenvalue weighted by Crippen LogP contribution is 2.62. The molecule has 0 saturated carbocycles. The van der Waals surface area contributed by atoms with Crippen LogP contribution >= 0.6 is 0 Å². The third-order valence-electron chi connectivity index (χ3n) is 3.07. The molecule has 0 heterocycles. The van der Waals surface area contributed by atoms with Gasteiger partial charge in [-0.1, -0.05) is 0 Å². The summed E-state index contributed by atoms with van der Waals surface area (Å²) in [5, 5.41) is 0. The summed E-state index contributed by atoms with van der Waals surface area (Å²) in [5.74, 6) is -48.9. The number of methoxy groups -OCH3 is 2. The number of halogens is 14. The van der Waals surface area contributed by atoms with E-state index in [0.29, 0.717) is 0 Å². The number of esters is 1. The van der Waals surface area contributed by atoms with Crippen molar-refractivity contribution in [3.05, 3.63) is 0 Å². The molecule has 1 atom stereocenters. The molecule has 0 aromatic carbocycles. The summed E-state index contributed by atoms with van der Waals surface area (Å²) in [4.78, 5) is 10.6. The largest absolute Gasteiger partial charge is 0.464 e. The van der Waals surface area contributed by atoms with Crippen molar-refractivity contribution < 1.29 is 75.7 Å². The Morgan fingerprint density at radius 2 is 0.926 bits per heavy atom. The van der Waals surface area contributed by atoms with Gasteiger partial charge in [0.05, 0.1) is 7.11 Å². The quantitative estimate of drug-likeness (QED) is 0.440. The van der Waals surface area contributed by atoms with Gasteiger partial charge in [0.1, 0.15) is 0 Å². The average molecular weight is 440 g/mol. The minimum Gasteiger partial charge on any atom is -0.464 e. The fraction of sp³-hybridized carbons (Fsp3) is 0.900. The summed E-state index contributed by atoms with van der Waals surface area (Å²) >= 11 is 0. The summed E-state index contributed by atoms with van der Waals surface area (Å²) in [6.45, 7) is 0. The van der Waals surface area contributed by atoms with E-state index in [1.165, 1.54) is 0 Å². The lowest BCUT2D eigenvalue weighted by Gasteiger charge is -2.43. The smallest absolute Gasteiger partial charge is 0.460 e. The number of rotatable bonds is 7. The molecule has 0 aliphatic rings. The first-order valence-corrected chi connectivity index (χ1v) is 5.82. The Balaban J connectivity index is 6.74. The Labute approximate surface area is 139 Å². The van der Waals surface area contributed by atoms with Crippen LogP contribution in [0.2, 0.25) is 0 Å². The number of ether oxygens (including phenoxy) is 2. The average Bonchev–Trinajstić information content (AvgIpc) is 2.50. The maximum absolute atomic E-state index is 13.9. The Kier molecular flexibility index (Phi) is 6.14. The van der Waals surface area contributed by atoms with E-state index in [-0.39, 0.29) is 7.11 Å². The van der Waals surface area contributed by atoms with Gasteiger partial charge in [-0.25, -0.2) is 4.79 Å². The molecule has 0 fully saturated rings. The Morgan fingerprint density at radius 1 is 0.593 bits per heavy atom. The molecule has 162 valence electrons. The van der Waals surface area contributed by atoms with Gasteiger partial charge in [0.15, 0.2) is 0 Å². The first-order chi connectivity index (χ1) is 11.5. The zero-order chi connectivity index (χ0) is 22.5. The second kappa shape index (κ2) is 6.51. The highest BCUT2D eigenvalue weighted by molar-refractivity contribution is 5.79. The third-order valence-corrected chi connectivity index (χ3v) is 3.07. The number of alkyl halides is 14. The predicted molar refractivity (Wildman–Crippen MR) is 53.7 cm³/mol. The van der Waals surface area contributed by atoms with Crippen LogP contribution in [0.1, 0.15) is 0 Å². The highest BCUT2D eigenvalue weighted by atomic mass is 19.4. The summed E-state index contributed by atoms with van der Waals surface area (Å²) in [5.41, 5.74) is 0. The Hall–Kier alpha value is -1.55. The Morgan fingerprint density at radius 3 is 1.19 bits per heavy atom. The van der Waals surface area contributed by atoms with Gasteiger partial charge in [-0.05, 0) is 0 Å². The molecular weight excluding hydrogens is 434 g/mol. The van der Waals surface area contributed by atoms with Crippen molar-refractivity contribution in [2.75, 3.05) is 14.2 Å². The van der Waals surface area contributed by atoms with Crippen LogP contribution in [0.4, 0.5) is 61.5 Å². The van der Waals surface area contributed by atoms with Gasteiger partial charge in [-0.15, -0.1) is 0 Å². The van der Waals surface area contributed by atoms with Crippen molar-refractivity contribution in [3.8, 4) is 0 Å². The van der Waals surface area contributed by atoms with Crippen LogP contribution in [0.5, 0.6) is 0 Å². The standard InChI is InChI=1S/C10H6F14O3/c1-26-3(25)4(11,12)9(21,27-2)7(17,18)5(13,14)6(15,16)8(19,20)10(22,23)24/h1-2H3. The minimum absolute atomic E-state index is 0.0466. The molecule has 0 saturated heterocycles. The van der Waals surface area contributed by atoms with E-state index in [0.717, 1.165) is 0 Å². The monoisotopic (exact) mass is 440 g/mol. The third kappa shape index (κ3) is 3.06. The van der Waals surface area contributed by atoms with Gasteiger partial charge in [0, 0.05) is 7.11 Å². The molecule has 0 aliphatic carbocycles.